The van der Waals surface area contributed by atoms with Gasteiger partial charge >= 0.3 is 0 Å². The maximum atomic E-state index is 12.3. The molecule has 0 unspecified atom stereocenters. The molecule has 1 heterocycles. The summed E-state index contributed by atoms with van der Waals surface area (Å²) < 4.78 is 5.19. The molecule has 0 aliphatic heterocycles. The van der Waals surface area contributed by atoms with Crippen LogP contribution in [-0.4, -0.2) is 18.0 Å². The molecule has 5 nitrogen and oxygen atoms in total. The minimum absolute atomic E-state index is 0.228. The lowest BCUT2D eigenvalue weighted by atomic mass is 10.1. The van der Waals surface area contributed by atoms with Crippen LogP contribution in [0, 0.1) is 0 Å². The average molecular weight is 289 g/mol. The van der Waals surface area contributed by atoms with Crippen molar-refractivity contribution in [2.45, 2.75) is 19.3 Å². The number of nitrogen functional groups attached to an aromatic ring is 1. The van der Waals surface area contributed by atoms with Crippen LogP contribution in [-0.2, 0) is 12.8 Å². The van der Waals surface area contributed by atoms with Crippen LogP contribution in [0.2, 0.25) is 0 Å². The summed E-state index contributed by atoms with van der Waals surface area (Å²) in [5, 5.41) is 3.48. The third-order valence-corrected chi connectivity index (χ3v) is 4.36. The number of rotatable bonds is 3. The van der Waals surface area contributed by atoms with E-state index in [0.717, 1.165) is 25.0 Å². The van der Waals surface area contributed by atoms with Crippen LogP contribution in [0.15, 0.2) is 18.2 Å². The third kappa shape index (κ3) is 2.34. The molecular formula is C14H15N3O2S. The van der Waals surface area contributed by atoms with Crippen molar-refractivity contribution in [1.29, 1.82) is 0 Å². The highest BCUT2D eigenvalue weighted by molar-refractivity contribution is 7.16. The van der Waals surface area contributed by atoms with E-state index in [1.54, 1.807) is 29.5 Å². The zero-order chi connectivity index (χ0) is 14.1. The fourth-order valence-electron chi connectivity index (χ4n) is 2.30. The molecule has 0 atom stereocenters. The molecule has 3 rings (SSSR count). The normalized spacial score (nSPS) is 13.1. The van der Waals surface area contributed by atoms with Crippen molar-refractivity contribution in [2.24, 2.45) is 0 Å². The summed E-state index contributed by atoms with van der Waals surface area (Å²) in [7, 11) is 1.52. The van der Waals surface area contributed by atoms with Crippen molar-refractivity contribution in [1.82, 2.24) is 4.98 Å². The van der Waals surface area contributed by atoms with E-state index in [2.05, 4.69) is 10.3 Å². The van der Waals surface area contributed by atoms with Gasteiger partial charge in [0.05, 0.1) is 18.4 Å². The Morgan fingerprint density at radius 1 is 1.45 bits per heavy atom. The summed E-state index contributed by atoms with van der Waals surface area (Å²) in [5.41, 5.74) is 7.82. The standard InChI is InChI=1S/C14H15N3O2S/c1-19-11-7-8(15)5-6-9(11)13(18)17-14-16-10-3-2-4-12(10)20-14/h5-7H,2-4,15H2,1H3,(H,16,17,18). The number of fused-ring (bicyclic) bond motifs is 1. The first-order valence-corrected chi connectivity index (χ1v) is 7.22. The molecule has 3 N–H and O–H groups in total. The van der Waals surface area contributed by atoms with E-state index in [4.69, 9.17) is 10.5 Å². The number of benzene rings is 1. The lowest BCUT2D eigenvalue weighted by Gasteiger charge is -2.08. The predicted molar refractivity (Wildman–Crippen MR) is 79.5 cm³/mol. The number of amides is 1. The Hall–Kier alpha value is -2.08. The highest BCUT2D eigenvalue weighted by Crippen LogP contribution is 2.31. The molecule has 0 spiro atoms. The quantitative estimate of drug-likeness (QED) is 0.851. The van der Waals surface area contributed by atoms with Crippen LogP contribution in [0.1, 0.15) is 27.3 Å². The zero-order valence-corrected chi connectivity index (χ0v) is 11.9. The minimum atomic E-state index is -0.228. The highest BCUT2D eigenvalue weighted by atomic mass is 32.1. The number of aryl methyl sites for hydroxylation is 2. The molecule has 2 aromatic rings. The SMILES string of the molecule is COc1cc(N)ccc1C(=O)Nc1nc2c(s1)CCC2. The molecule has 0 fully saturated rings. The lowest BCUT2D eigenvalue weighted by Crippen LogP contribution is -2.13. The number of nitrogens with two attached hydrogens (primary N) is 1. The molecular weight excluding hydrogens is 274 g/mol. The van der Waals surface area contributed by atoms with Crippen LogP contribution in [0.25, 0.3) is 0 Å². The van der Waals surface area contributed by atoms with Crippen LogP contribution >= 0.6 is 11.3 Å². The van der Waals surface area contributed by atoms with Crippen molar-refractivity contribution in [3.8, 4) is 5.75 Å². The predicted octanol–water partition coefficient (Wildman–Crippen LogP) is 2.47. The summed E-state index contributed by atoms with van der Waals surface area (Å²) in [6.07, 6.45) is 3.23. The van der Waals surface area contributed by atoms with E-state index in [-0.39, 0.29) is 5.91 Å². The van der Waals surface area contributed by atoms with Gasteiger partial charge in [-0.1, -0.05) is 0 Å². The monoisotopic (exact) mass is 289 g/mol. The molecule has 0 bridgehead atoms. The second-order valence-electron chi connectivity index (χ2n) is 4.66. The molecule has 20 heavy (non-hydrogen) atoms. The van der Waals surface area contributed by atoms with Crippen LogP contribution in [0.3, 0.4) is 0 Å². The van der Waals surface area contributed by atoms with Crippen molar-refractivity contribution < 1.29 is 9.53 Å². The molecule has 0 saturated carbocycles. The van der Waals surface area contributed by atoms with E-state index < -0.39 is 0 Å². The summed E-state index contributed by atoms with van der Waals surface area (Å²) in [6.45, 7) is 0. The Morgan fingerprint density at radius 3 is 3.05 bits per heavy atom. The second kappa shape index (κ2) is 5.13. The number of nitrogens with zero attached hydrogens (tertiary/aromatic N) is 1. The number of hydrogen-bond acceptors (Lipinski definition) is 5. The molecule has 1 amide bonds. The summed E-state index contributed by atoms with van der Waals surface area (Å²) >= 11 is 1.55. The lowest BCUT2D eigenvalue weighted by molar-refractivity contribution is 0.102. The van der Waals surface area contributed by atoms with Gasteiger partial charge in [-0.05, 0) is 31.4 Å². The maximum absolute atomic E-state index is 12.3. The van der Waals surface area contributed by atoms with E-state index >= 15 is 0 Å². The molecule has 0 radical (unpaired) electrons. The van der Waals surface area contributed by atoms with Gasteiger partial charge in [-0.2, -0.15) is 0 Å². The van der Waals surface area contributed by atoms with E-state index in [0.29, 0.717) is 22.1 Å². The van der Waals surface area contributed by atoms with Gasteiger partial charge in [0.2, 0.25) is 0 Å². The Morgan fingerprint density at radius 2 is 2.30 bits per heavy atom. The Labute approximate surface area is 120 Å². The summed E-state index contributed by atoms with van der Waals surface area (Å²) in [6, 6.07) is 4.97. The van der Waals surface area contributed by atoms with E-state index in [1.165, 1.54) is 12.0 Å². The summed E-state index contributed by atoms with van der Waals surface area (Å²) in [5.74, 6) is 0.237. The average Bonchev–Trinajstić information content (AvgIpc) is 2.99. The molecule has 6 heteroatoms. The Kier molecular flexibility index (Phi) is 3.31. The number of ether oxygens (including phenoxy) is 1. The summed E-state index contributed by atoms with van der Waals surface area (Å²) in [4.78, 5) is 18.0. The first-order chi connectivity index (χ1) is 9.67. The first-order valence-electron chi connectivity index (χ1n) is 6.41. The van der Waals surface area contributed by atoms with Gasteiger partial charge < -0.3 is 10.5 Å². The van der Waals surface area contributed by atoms with Crippen LogP contribution in [0.4, 0.5) is 10.8 Å². The number of carbonyl (C=O) groups excluding carboxylic acids is 1. The number of aromatic nitrogens is 1. The number of methoxy groups -OCH3 is 1. The maximum Gasteiger partial charge on any atom is 0.261 e. The molecule has 1 aliphatic carbocycles. The van der Waals surface area contributed by atoms with Crippen molar-refractivity contribution in [3.05, 3.63) is 34.3 Å². The fourth-order valence-corrected chi connectivity index (χ4v) is 3.35. The van der Waals surface area contributed by atoms with Gasteiger partial charge in [0.25, 0.3) is 5.91 Å². The molecule has 0 saturated heterocycles. The van der Waals surface area contributed by atoms with Crippen molar-refractivity contribution in [2.75, 3.05) is 18.2 Å². The number of thiazole rings is 1. The molecule has 104 valence electrons. The van der Waals surface area contributed by atoms with Gasteiger partial charge in [-0.15, -0.1) is 11.3 Å². The number of nitrogens with one attached hydrogen (secondary N) is 1. The van der Waals surface area contributed by atoms with Gasteiger partial charge in [-0.25, -0.2) is 4.98 Å². The number of anilines is 2. The van der Waals surface area contributed by atoms with Gasteiger partial charge in [0.1, 0.15) is 5.75 Å². The van der Waals surface area contributed by atoms with Gasteiger partial charge in [-0.3, -0.25) is 10.1 Å². The third-order valence-electron chi connectivity index (χ3n) is 3.29. The first kappa shape index (κ1) is 12.9. The largest absolute Gasteiger partial charge is 0.496 e. The Balaban J connectivity index is 1.82. The molecule has 1 aromatic carbocycles. The second-order valence-corrected chi connectivity index (χ2v) is 5.74. The number of hydrogen-bond donors (Lipinski definition) is 2. The van der Waals surface area contributed by atoms with E-state index in [1.807, 2.05) is 0 Å². The topological polar surface area (TPSA) is 77.2 Å². The van der Waals surface area contributed by atoms with Crippen LogP contribution < -0.4 is 15.8 Å². The van der Waals surface area contributed by atoms with Crippen molar-refractivity contribution in [3.63, 3.8) is 0 Å². The Bertz CT molecular complexity index is 645. The van der Waals surface area contributed by atoms with Gasteiger partial charge in [0.15, 0.2) is 5.13 Å². The van der Waals surface area contributed by atoms with E-state index in [9.17, 15) is 4.79 Å². The number of carbonyl (C=O) groups is 1. The van der Waals surface area contributed by atoms with Crippen molar-refractivity contribution >= 4 is 28.1 Å². The zero-order valence-electron chi connectivity index (χ0n) is 11.1. The minimum Gasteiger partial charge on any atom is -0.496 e. The smallest absolute Gasteiger partial charge is 0.261 e. The van der Waals surface area contributed by atoms with Gasteiger partial charge in [0, 0.05) is 16.6 Å². The van der Waals surface area contributed by atoms with Crippen LogP contribution in [0.5, 0.6) is 5.75 Å². The fraction of sp³-hybridized carbons (Fsp3) is 0.286. The molecule has 1 aromatic heterocycles. The molecule has 1 aliphatic rings. The highest BCUT2D eigenvalue weighted by Gasteiger charge is 2.19.